The summed E-state index contributed by atoms with van der Waals surface area (Å²) in [4.78, 5) is 3.72. The van der Waals surface area contributed by atoms with Crippen LogP contribution in [0.25, 0.3) is 11.3 Å². The van der Waals surface area contributed by atoms with Gasteiger partial charge in [-0.05, 0) is 18.2 Å². The molecule has 0 fully saturated rings. The first-order valence-corrected chi connectivity index (χ1v) is 6.59. The lowest BCUT2D eigenvalue weighted by Gasteiger charge is -2.11. The van der Waals surface area contributed by atoms with Gasteiger partial charge in [-0.1, -0.05) is 46.4 Å². The van der Waals surface area contributed by atoms with Gasteiger partial charge in [0.1, 0.15) is 0 Å². The number of nitrogens with zero attached hydrogens (tertiary/aromatic N) is 1. The number of rotatable bonds is 1. The smallest absolute Gasteiger partial charge is 0.255 e. The Morgan fingerprint density at radius 1 is 0.900 bits per heavy atom. The van der Waals surface area contributed by atoms with E-state index < -0.39 is 16.8 Å². The molecular weight excluding hydrogens is 357 g/mol. The van der Waals surface area contributed by atoms with Gasteiger partial charge in [-0.2, -0.15) is 13.2 Å². The van der Waals surface area contributed by atoms with Crippen LogP contribution in [0.5, 0.6) is 0 Å². The van der Waals surface area contributed by atoms with Crippen molar-refractivity contribution in [2.24, 2.45) is 0 Å². The third-order valence-electron chi connectivity index (χ3n) is 2.47. The lowest BCUT2D eigenvalue weighted by molar-refractivity contribution is -0.137. The van der Waals surface area contributed by atoms with Gasteiger partial charge in [0.25, 0.3) is 0 Å². The summed E-state index contributed by atoms with van der Waals surface area (Å²) in [5.74, 6) is 0. The van der Waals surface area contributed by atoms with E-state index in [4.69, 9.17) is 46.4 Å². The first-order chi connectivity index (χ1) is 9.21. The minimum Gasteiger partial charge on any atom is -0.255 e. The second kappa shape index (κ2) is 5.60. The van der Waals surface area contributed by atoms with Gasteiger partial charge in [0.15, 0.2) is 0 Å². The summed E-state index contributed by atoms with van der Waals surface area (Å²) in [6.45, 7) is 0. The quantitative estimate of drug-likeness (QED) is 0.537. The molecule has 106 valence electrons. The second-order valence-corrected chi connectivity index (χ2v) is 5.34. The maximum Gasteiger partial charge on any atom is 0.419 e. The summed E-state index contributed by atoms with van der Waals surface area (Å²) in [6, 6.07) is 4.05. The summed E-state index contributed by atoms with van der Waals surface area (Å²) >= 11 is 23.3. The van der Waals surface area contributed by atoms with Gasteiger partial charge in [0, 0.05) is 11.8 Å². The molecule has 2 rings (SSSR count). The highest BCUT2D eigenvalue weighted by Crippen LogP contribution is 2.40. The summed E-state index contributed by atoms with van der Waals surface area (Å²) in [7, 11) is 0. The van der Waals surface area contributed by atoms with Gasteiger partial charge in [-0.15, -0.1) is 0 Å². The number of alkyl halides is 3. The first-order valence-electron chi connectivity index (χ1n) is 5.08. The maximum atomic E-state index is 12.6. The fraction of sp³-hybridized carbons (Fsp3) is 0.0833. The van der Waals surface area contributed by atoms with Crippen LogP contribution < -0.4 is 0 Å². The average Bonchev–Trinajstić information content (AvgIpc) is 2.34. The lowest BCUT2D eigenvalue weighted by Crippen LogP contribution is -2.06. The highest BCUT2D eigenvalue weighted by atomic mass is 35.5. The molecule has 0 atom stereocenters. The van der Waals surface area contributed by atoms with Crippen LogP contribution in [-0.2, 0) is 6.18 Å². The lowest BCUT2D eigenvalue weighted by atomic mass is 10.1. The zero-order chi connectivity index (χ0) is 15.1. The van der Waals surface area contributed by atoms with Gasteiger partial charge in [0.05, 0.1) is 31.3 Å². The molecule has 20 heavy (non-hydrogen) atoms. The topological polar surface area (TPSA) is 12.9 Å². The Balaban J connectivity index is 2.56. The Morgan fingerprint density at radius 3 is 2.10 bits per heavy atom. The predicted octanol–water partition coefficient (Wildman–Crippen LogP) is 6.38. The summed E-state index contributed by atoms with van der Waals surface area (Å²) in [5, 5.41) is -0.0331. The Hall–Kier alpha value is -0.680. The van der Waals surface area contributed by atoms with Crippen molar-refractivity contribution in [3.8, 4) is 11.3 Å². The SMILES string of the molecule is FC(F)(F)c1cnc(-c2ccc(Cl)c(Cl)c2Cl)cc1Cl. The van der Waals surface area contributed by atoms with Crippen molar-refractivity contribution >= 4 is 46.4 Å². The zero-order valence-electron chi connectivity index (χ0n) is 9.40. The van der Waals surface area contributed by atoms with Crippen molar-refractivity contribution in [1.29, 1.82) is 0 Å². The van der Waals surface area contributed by atoms with Crippen molar-refractivity contribution in [2.45, 2.75) is 6.18 Å². The van der Waals surface area contributed by atoms with E-state index in [0.29, 0.717) is 11.8 Å². The Kier molecular flexibility index (Phi) is 4.40. The molecule has 0 aliphatic heterocycles. The Bertz CT molecular complexity index is 670. The molecule has 0 N–H and O–H groups in total. The highest BCUT2D eigenvalue weighted by Gasteiger charge is 2.33. The number of hydrogen-bond donors (Lipinski definition) is 0. The summed E-state index contributed by atoms with van der Waals surface area (Å²) in [6.07, 6.45) is -3.92. The molecule has 0 aliphatic rings. The third kappa shape index (κ3) is 2.98. The number of pyridine rings is 1. The molecule has 0 saturated heterocycles. The normalized spacial score (nSPS) is 11.8. The molecule has 0 aliphatic carbocycles. The van der Waals surface area contributed by atoms with Gasteiger partial charge in [-0.25, -0.2) is 0 Å². The molecule has 1 aromatic heterocycles. The van der Waals surface area contributed by atoms with Crippen LogP contribution in [-0.4, -0.2) is 4.98 Å². The largest absolute Gasteiger partial charge is 0.419 e. The van der Waals surface area contributed by atoms with Crippen LogP contribution in [0.1, 0.15) is 5.56 Å². The van der Waals surface area contributed by atoms with E-state index in [2.05, 4.69) is 4.98 Å². The molecule has 1 heterocycles. The number of hydrogen-bond acceptors (Lipinski definition) is 1. The van der Waals surface area contributed by atoms with Crippen LogP contribution in [0.15, 0.2) is 24.4 Å². The van der Waals surface area contributed by atoms with E-state index in [1.54, 1.807) is 0 Å². The third-order valence-corrected chi connectivity index (χ3v) is 4.08. The van der Waals surface area contributed by atoms with Crippen molar-refractivity contribution in [1.82, 2.24) is 4.98 Å². The molecule has 0 amide bonds. The van der Waals surface area contributed by atoms with Gasteiger partial charge in [-0.3, -0.25) is 4.98 Å². The molecule has 1 nitrogen and oxygen atoms in total. The van der Waals surface area contributed by atoms with Crippen LogP contribution in [0, 0.1) is 0 Å². The minimum absolute atomic E-state index is 0.0995. The number of halogens is 7. The van der Waals surface area contributed by atoms with Gasteiger partial charge in [0.2, 0.25) is 0 Å². The highest BCUT2D eigenvalue weighted by molar-refractivity contribution is 6.49. The van der Waals surface area contributed by atoms with Crippen molar-refractivity contribution < 1.29 is 13.2 Å². The van der Waals surface area contributed by atoms with Gasteiger partial charge >= 0.3 is 6.18 Å². The Labute approximate surface area is 132 Å². The van der Waals surface area contributed by atoms with Crippen molar-refractivity contribution in [2.75, 3.05) is 0 Å². The standard InChI is InChI=1S/C12H4Cl4F3N/c13-7-2-1-5(10(15)11(7)16)9-3-8(14)6(4-20-9)12(17,18)19/h1-4H. The van der Waals surface area contributed by atoms with E-state index in [1.165, 1.54) is 12.1 Å². The Morgan fingerprint density at radius 2 is 1.55 bits per heavy atom. The number of benzene rings is 1. The number of aromatic nitrogens is 1. The van der Waals surface area contributed by atoms with Crippen LogP contribution in [0.4, 0.5) is 13.2 Å². The molecule has 1 aromatic carbocycles. The summed E-state index contributed by atoms with van der Waals surface area (Å²) in [5.41, 5.74) is -0.498. The molecule has 8 heteroatoms. The van der Waals surface area contributed by atoms with Crippen LogP contribution >= 0.6 is 46.4 Å². The van der Waals surface area contributed by atoms with E-state index in [-0.39, 0.29) is 20.8 Å². The van der Waals surface area contributed by atoms with Crippen LogP contribution in [0.2, 0.25) is 20.1 Å². The fourth-order valence-electron chi connectivity index (χ4n) is 1.51. The summed E-state index contributed by atoms with van der Waals surface area (Å²) < 4.78 is 37.8. The molecule has 0 unspecified atom stereocenters. The van der Waals surface area contributed by atoms with E-state index >= 15 is 0 Å². The van der Waals surface area contributed by atoms with E-state index in [1.807, 2.05) is 0 Å². The predicted molar refractivity (Wildman–Crippen MR) is 74.7 cm³/mol. The van der Waals surface area contributed by atoms with Crippen LogP contribution in [0.3, 0.4) is 0 Å². The van der Waals surface area contributed by atoms with Gasteiger partial charge < -0.3 is 0 Å². The molecule has 2 aromatic rings. The molecule has 0 bridgehead atoms. The fourth-order valence-corrected chi connectivity index (χ4v) is 2.40. The monoisotopic (exact) mass is 359 g/mol. The maximum absolute atomic E-state index is 12.6. The van der Waals surface area contributed by atoms with Crippen molar-refractivity contribution in [3.63, 3.8) is 0 Å². The minimum atomic E-state index is -4.57. The first kappa shape index (κ1) is 15.7. The molecule has 0 spiro atoms. The molecular formula is C12H4Cl4F3N. The zero-order valence-corrected chi connectivity index (χ0v) is 12.4. The van der Waals surface area contributed by atoms with E-state index in [0.717, 1.165) is 6.07 Å². The average molecular weight is 361 g/mol. The van der Waals surface area contributed by atoms with Crippen molar-refractivity contribution in [3.05, 3.63) is 50.0 Å². The molecule has 0 radical (unpaired) electrons. The second-order valence-electron chi connectivity index (χ2n) is 3.77. The van der Waals surface area contributed by atoms with E-state index in [9.17, 15) is 13.2 Å². The molecule has 0 saturated carbocycles.